The van der Waals surface area contributed by atoms with Gasteiger partial charge in [0, 0.05) is 12.8 Å². The van der Waals surface area contributed by atoms with Crippen LogP contribution in [0.25, 0.3) is 0 Å². The van der Waals surface area contributed by atoms with Gasteiger partial charge >= 0.3 is 5.97 Å². The summed E-state index contributed by atoms with van der Waals surface area (Å²) < 4.78 is 29.9. The van der Waals surface area contributed by atoms with E-state index in [2.05, 4.69) is 53.9 Å². The summed E-state index contributed by atoms with van der Waals surface area (Å²) in [7, 11) is 1.11. The number of ether oxygens (including phenoxy) is 4. The first-order chi connectivity index (χ1) is 20.9. The summed E-state index contributed by atoms with van der Waals surface area (Å²) >= 11 is 0. The van der Waals surface area contributed by atoms with E-state index in [-0.39, 0.29) is 17.1 Å². The summed E-state index contributed by atoms with van der Waals surface area (Å²) in [5, 5.41) is 0.0451. The molecule has 2 rings (SSSR count). The molecule has 3 atom stereocenters. The van der Waals surface area contributed by atoms with Gasteiger partial charge in [-0.15, -0.1) is 13.2 Å². The van der Waals surface area contributed by atoms with Crippen molar-refractivity contribution in [2.45, 2.75) is 90.3 Å². The number of hydrogen-bond donors (Lipinski definition) is 0. The van der Waals surface area contributed by atoms with Crippen LogP contribution in [0.5, 0.6) is 11.5 Å². The van der Waals surface area contributed by atoms with Crippen molar-refractivity contribution in [3.8, 4) is 11.5 Å². The van der Waals surface area contributed by atoms with Crippen LogP contribution in [0.1, 0.15) is 68.4 Å². The number of benzene rings is 2. The Morgan fingerprint density at radius 1 is 0.955 bits per heavy atom. The van der Waals surface area contributed by atoms with Gasteiger partial charge in [0.2, 0.25) is 0 Å². The Morgan fingerprint density at radius 2 is 1.66 bits per heavy atom. The molecular formula is C37H54O6Si. The first-order valence-corrected chi connectivity index (χ1v) is 18.4. The van der Waals surface area contributed by atoms with Crippen molar-refractivity contribution in [3.05, 3.63) is 96.6 Å². The quantitative estimate of drug-likeness (QED) is 0.0674. The Balaban J connectivity index is 2.27. The fourth-order valence-corrected chi connectivity index (χ4v) is 6.05. The molecule has 0 heterocycles. The maximum Gasteiger partial charge on any atom is 0.342 e. The standard InChI is InChI=1S/C37H54O6Si/c1-11-16-28(3)34(43-44(9,10)37(4,5)6)26-32(19-13-14-25-41-27-29-21-23-31(39-7)24-22-29)42-36(38)35-30(17-12-2)18-15-20-33(35)40-8/h11-15,18,20-24,28,32,34H,1-2,16-17,19,25-27H2,3-10H3/b14-13+/t28-,32-,34+/m0/s1. The summed E-state index contributed by atoms with van der Waals surface area (Å²) in [6.07, 6.45) is 9.64. The van der Waals surface area contributed by atoms with Gasteiger partial charge in [0.1, 0.15) is 23.2 Å². The maximum absolute atomic E-state index is 13.7. The van der Waals surface area contributed by atoms with Crippen molar-refractivity contribution >= 4 is 14.3 Å². The molecule has 0 fully saturated rings. The highest BCUT2D eigenvalue weighted by Crippen LogP contribution is 2.39. The van der Waals surface area contributed by atoms with E-state index in [1.165, 1.54) is 0 Å². The molecule has 0 saturated heterocycles. The highest BCUT2D eigenvalue weighted by Gasteiger charge is 2.40. The third-order valence-electron chi connectivity index (χ3n) is 8.30. The minimum absolute atomic E-state index is 0.0451. The normalized spacial score (nSPS) is 14.1. The van der Waals surface area contributed by atoms with Crippen LogP contribution in [-0.2, 0) is 26.9 Å². The zero-order valence-corrected chi connectivity index (χ0v) is 29.2. The predicted octanol–water partition coefficient (Wildman–Crippen LogP) is 9.11. The van der Waals surface area contributed by atoms with Crippen LogP contribution in [0.3, 0.4) is 0 Å². The van der Waals surface area contributed by atoms with Crippen LogP contribution in [0.2, 0.25) is 18.1 Å². The summed E-state index contributed by atoms with van der Waals surface area (Å²) in [5.41, 5.74) is 2.33. The van der Waals surface area contributed by atoms with Gasteiger partial charge in [-0.05, 0) is 66.2 Å². The Morgan fingerprint density at radius 3 is 2.25 bits per heavy atom. The molecule has 44 heavy (non-hydrogen) atoms. The fraction of sp³-hybridized carbons (Fsp3) is 0.486. The molecule has 0 radical (unpaired) electrons. The Labute approximate surface area is 267 Å². The molecule has 7 heteroatoms. The lowest BCUT2D eigenvalue weighted by Gasteiger charge is -2.41. The molecule has 2 aromatic rings. The summed E-state index contributed by atoms with van der Waals surface area (Å²) in [4.78, 5) is 13.7. The first kappa shape index (κ1) is 37.1. The molecule has 0 bridgehead atoms. The van der Waals surface area contributed by atoms with Crippen LogP contribution in [0, 0.1) is 5.92 Å². The second-order valence-corrected chi connectivity index (χ2v) is 17.5. The number of carbonyl (C=O) groups excluding carboxylic acids is 1. The topological polar surface area (TPSA) is 63.2 Å². The molecule has 0 aromatic heterocycles. The zero-order chi connectivity index (χ0) is 32.8. The van der Waals surface area contributed by atoms with Gasteiger partial charge in [-0.2, -0.15) is 0 Å². The molecule has 0 aliphatic heterocycles. The number of rotatable bonds is 19. The van der Waals surface area contributed by atoms with E-state index >= 15 is 0 Å². The molecule has 0 aliphatic rings. The van der Waals surface area contributed by atoms with E-state index in [1.54, 1.807) is 26.4 Å². The Kier molecular flexibility index (Phi) is 15.1. The Bertz CT molecular complexity index is 1210. The average molecular weight is 623 g/mol. The number of esters is 1. The molecule has 0 unspecified atom stereocenters. The van der Waals surface area contributed by atoms with Crippen LogP contribution in [0.15, 0.2) is 79.9 Å². The minimum Gasteiger partial charge on any atom is -0.497 e. The van der Waals surface area contributed by atoms with Crippen molar-refractivity contribution in [2.75, 3.05) is 20.8 Å². The number of carbonyl (C=O) groups is 1. The SMILES string of the molecule is C=CCc1cccc(OC)c1C(=O)O[C@@H](C/C=C/COCc1ccc(OC)cc1)C[C@@H](O[Si](C)(C)C(C)(C)C)[C@@H](C)CC=C. The smallest absolute Gasteiger partial charge is 0.342 e. The lowest BCUT2D eigenvalue weighted by molar-refractivity contribution is 0.00939. The minimum atomic E-state index is -2.10. The maximum atomic E-state index is 13.7. The number of methoxy groups -OCH3 is 2. The van der Waals surface area contributed by atoms with Crippen LogP contribution < -0.4 is 9.47 Å². The van der Waals surface area contributed by atoms with Crippen molar-refractivity contribution in [1.29, 1.82) is 0 Å². The predicted molar refractivity (Wildman–Crippen MR) is 183 cm³/mol. The highest BCUT2D eigenvalue weighted by atomic mass is 28.4. The van der Waals surface area contributed by atoms with E-state index in [4.69, 9.17) is 23.4 Å². The molecule has 0 amide bonds. The third kappa shape index (κ3) is 11.4. The summed E-state index contributed by atoms with van der Waals surface area (Å²) in [5.74, 6) is 1.11. The second kappa shape index (κ2) is 18.0. The van der Waals surface area contributed by atoms with Gasteiger partial charge in [0.15, 0.2) is 8.32 Å². The van der Waals surface area contributed by atoms with Crippen LogP contribution in [0.4, 0.5) is 0 Å². The van der Waals surface area contributed by atoms with Gasteiger partial charge < -0.3 is 23.4 Å². The van der Waals surface area contributed by atoms with E-state index in [1.807, 2.05) is 54.6 Å². The van der Waals surface area contributed by atoms with Crippen molar-refractivity contribution in [1.82, 2.24) is 0 Å². The molecular weight excluding hydrogens is 568 g/mol. The second-order valence-electron chi connectivity index (χ2n) is 12.7. The van der Waals surface area contributed by atoms with Gasteiger partial charge in [0.25, 0.3) is 0 Å². The van der Waals surface area contributed by atoms with Crippen molar-refractivity contribution in [3.63, 3.8) is 0 Å². The van der Waals surface area contributed by atoms with Crippen molar-refractivity contribution in [2.24, 2.45) is 5.92 Å². The largest absolute Gasteiger partial charge is 0.497 e. The molecule has 0 spiro atoms. The lowest BCUT2D eigenvalue weighted by atomic mass is 9.95. The number of allylic oxidation sites excluding steroid dienone is 2. The fourth-order valence-electron chi connectivity index (χ4n) is 4.61. The summed E-state index contributed by atoms with van der Waals surface area (Å²) in [6, 6.07) is 13.4. The van der Waals surface area contributed by atoms with Crippen molar-refractivity contribution < 1.29 is 28.2 Å². The van der Waals surface area contributed by atoms with E-state index < -0.39 is 20.4 Å². The van der Waals surface area contributed by atoms with Crippen LogP contribution >= 0.6 is 0 Å². The summed E-state index contributed by atoms with van der Waals surface area (Å²) in [6.45, 7) is 22.2. The third-order valence-corrected chi connectivity index (χ3v) is 12.8. The molecule has 0 aliphatic carbocycles. The molecule has 0 saturated carbocycles. The van der Waals surface area contributed by atoms with E-state index in [9.17, 15) is 4.79 Å². The van der Waals surface area contributed by atoms with Gasteiger partial charge in [-0.1, -0.05) is 76.3 Å². The molecule has 2 aromatic carbocycles. The Hall–Kier alpha value is -3.13. The zero-order valence-electron chi connectivity index (χ0n) is 28.2. The average Bonchev–Trinajstić information content (AvgIpc) is 2.98. The van der Waals surface area contributed by atoms with Gasteiger partial charge in [0.05, 0.1) is 33.5 Å². The highest BCUT2D eigenvalue weighted by molar-refractivity contribution is 6.74. The molecule has 6 nitrogen and oxygen atoms in total. The molecule has 242 valence electrons. The van der Waals surface area contributed by atoms with Gasteiger partial charge in [-0.25, -0.2) is 4.79 Å². The van der Waals surface area contributed by atoms with Crippen LogP contribution in [-0.4, -0.2) is 47.3 Å². The monoisotopic (exact) mass is 622 g/mol. The molecule has 0 N–H and O–H groups in total. The van der Waals surface area contributed by atoms with E-state index in [0.29, 0.717) is 43.8 Å². The first-order valence-electron chi connectivity index (χ1n) is 15.5. The number of hydrogen-bond acceptors (Lipinski definition) is 6. The lowest BCUT2D eigenvalue weighted by Crippen LogP contribution is -2.46. The van der Waals surface area contributed by atoms with E-state index in [0.717, 1.165) is 23.3 Å². The van der Waals surface area contributed by atoms with Gasteiger partial charge in [-0.3, -0.25) is 0 Å².